The van der Waals surface area contributed by atoms with E-state index in [9.17, 15) is 0 Å². The Balaban J connectivity index is 2.38. The average molecular weight is 219 g/mol. The van der Waals surface area contributed by atoms with Crippen LogP contribution in [0.1, 0.15) is 0 Å². The van der Waals surface area contributed by atoms with Crippen LogP contribution in [-0.2, 0) is 0 Å². The van der Waals surface area contributed by atoms with Crippen molar-refractivity contribution in [2.45, 2.75) is 0 Å². The number of hydrogen-bond donors (Lipinski definition) is 1. The van der Waals surface area contributed by atoms with Crippen LogP contribution in [0.2, 0.25) is 0 Å². The zero-order valence-corrected chi connectivity index (χ0v) is 9.01. The van der Waals surface area contributed by atoms with Crippen molar-refractivity contribution < 1.29 is 0 Å². The van der Waals surface area contributed by atoms with Gasteiger partial charge in [0.25, 0.3) is 0 Å². The summed E-state index contributed by atoms with van der Waals surface area (Å²) in [5.41, 5.74) is 3.13. The van der Waals surface area contributed by atoms with Crippen molar-refractivity contribution in [1.82, 2.24) is 15.2 Å². The number of fused-ring (bicyclic) bond motifs is 5. The van der Waals surface area contributed by atoms with Gasteiger partial charge in [-0.05, 0) is 24.3 Å². The minimum atomic E-state index is 1.04. The molecule has 0 bridgehead atoms. The van der Waals surface area contributed by atoms with E-state index in [1.807, 2.05) is 36.4 Å². The Bertz CT molecular complexity index is 840. The minimum Gasteiger partial charge on any atom is -0.278 e. The first kappa shape index (κ1) is 8.70. The molecule has 3 nitrogen and oxygen atoms in total. The number of rotatable bonds is 0. The number of para-hydroxylation sites is 1. The zero-order valence-electron chi connectivity index (χ0n) is 9.01. The lowest BCUT2D eigenvalue weighted by atomic mass is 10.1. The summed E-state index contributed by atoms with van der Waals surface area (Å²) in [4.78, 5) is 4.63. The molecule has 0 spiro atoms. The Morgan fingerprint density at radius 2 is 1.76 bits per heavy atom. The number of aromatic amines is 1. The Hall–Kier alpha value is -2.42. The summed E-state index contributed by atoms with van der Waals surface area (Å²) in [5.74, 6) is 0. The van der Waals surface area contributed by atoms with Gasteiger partial charge in [0.15, 0.2) is 0 Å². The Morgan fingerprint density at radius 3 is 2.76 bits per heavy atom. The minimum absolute atomic E-state index is 1.04. The van der Waals surface area contributed by atoms with E-state index in [1.165, 1.54) is 16.2 Å². The molecule has 0 atom stereocenters. The van der Waals surface area contributed by atoms with E-state index >= 15 is 0 Å². The van der Waals surface area contributed by atoms with E-state index in [0.29, 0.717) is 0 Å². The van der Waals surface area contributed by atoms with Crippen LogP contribution in [0, 0.1) is 0 Å². The quantitative estimate of drug-likeness (QED) is 0.493. The lowest BCUT2D eigenvalue weighted by Crippen LogP contribution is -1.82. The fourth-order valence-corrected chi connectivity index (χ4v) is 2.39. The van der Waals surface area contributed by atoms with Gasteiger partial charge in [-0.2, -0.15) is 5.10 Å². The normalized spacial score (nSPS) is 11.5. The van der Waals surface area contributed by atoms with Crippen molar-refractivity contribution >= 4 is 32.7 Å². The van der Waals surface area contributed by atoms with Crippen molar-refractivity contribution in [2.75, 3.05) is 0 Å². The molecule has 0 saturated carbocycles. The smallest absolute Gasteiger partial charge is 0.0723 e. The van der Waals surface area contributed by atoms with Crippen LogP contribution in [-0.4, -0.2) is 15.2 Å². The Morgan fingerprint density at radius 1 is 0.824 bits per heavy atom. The van der Waals surface area contributed by atoms with Crippen LogP contribution in [0.4, 0.5) is 0 Å². The average Bonchev–Trinajstić information content (AvgIpc) is 2.77. The van der Waals surface area contributed by atoms with Gasteiger partial charge < -0.3 is 0 Å². The molecule has 0 fully saturated rings. The second-order valence-electron chi connectivity index (χ2n) is 4.11. The highest BCUT2D eigenvalue weighted by Gasteiger charge is 2.08. The zero-order chi connectivity index (χ0) is 11.2. The number of nitrogens with zero attached hydrogens (tertiary/aromatic N) is 2. The maximum atomic E-state index is 4.63. The number of H-pyrrole nitrogens is 1. The van der Waals surface area contributed by atoms with Gasteiger partial charge in [0, 0.05) is 22.4 Å². The van der Waals surface area contributed by atoms with E-state index < -0.39 is 0 Å². The van der Waals surface area contributed by atoms with Gasteiger partial charge in [0.2, 0.25) is 0 Å². The summed E-state index contributed by atoms with van der Waals surface area (Å²) < 4.78 is 0. The molecule has 0 saturated heterocycles. The molecule has 2 aromatic carbocycles. The molecular formula is C14H9N3. The van der Waals surface area contributed by atoms with Gasteiger partial charge in [0.05, 0.1) is 16.6 Å². The van der Waals surface area contributed by atoms with Crippen LogP contribution < -0.4 is 0 Å². The summed E-state index contributed by atoms with van der Waals surface area (Å²) in [6, 6.07) is 14.3. The second kappa shape index (κ2) is 3.04. The highest BCUT2D eigenvalue weighted by Crippen LogP contribution is 2.30. The molecule has 4 rings (SSSR count). The van der Waals surface area contributed by atoms with Crippen LogP contribution >= 0.6 is 0 Å². The molecular weight excluding hydrogens is 210 g/mol. The van der Waals surface area contributed by atoms with Crippen LogP contribution in [0.25, 0.3) is 32.7 Å². The van der Waals surface area contributed by atoms with E-state index in [2.05, 4.69) is 21.2 Å². The maximum Gasteiger partial charge on any atom is 0.0723 e. The van der Waals surface area contributed by atoms with Crippen molar-refractivity contribution in [3.8, 4) is 0 Å². The summed E-state index contributed by atoms with van der Waals surface area (Å²) in [6.07, 6.45) is 1.78. The second-order valence-corrected chi connectivity index (χ2v) is 4.11. The van der Waals surface area contributed by atoms with Crippen molar-refractivity contribution in [3.63, 3.8) is 0 Å². The standard InChI is InChI=1S/C14H9N3/c1-2-4-11-9(3-1)14-10-7-8-15-17-12(10)5-6-13(14)16-11/h1-8,17H. The molecule has 17 heavy (non-hydrogen) atoms. The molecule has 4 aromatic rings. The number of nitrogens with one attached hydrogen (secondary N) is 1. The molecule has 2 heterocycles. The lowest BCUT2D eigenvalue weighted by Gasteiger charge is -1.98. The van der Waals surface area contributed by atoms with Gasteiger partial charge in [0.1, 0.15) is 0 Å². The highest BCUT2D eigenvalue weighted by molar-refractivity contribution is 6.19. The fraction of sp³-hybridized carbons (Fsp3) is 0. The molecule has 3 heteroatoms. The molecule has 0 aliphatic heterocycles. The summed E-state index contributed by atoms with van der Waals surface area (Å²) in [7, 11) is 0. The van der Waals surface area contributed by atoms with Crippen LogP contribution in [0.5, 0.6) is 0 Å². The summed E-state index contributed by atoms with van der Waals surface area (Å²) >= 11 is 0. The first-order valence-electron chi connectivity index (χ1n) is 5.54. The molecule has 0 unspecified atom stereocenters. The molecule has 0 aliphatic rings. The van der Waals surface area contributed by atoms with Gasteiger partial charge in [-0.1, -0.05) is 18.2 Å². The maximum absolute atomic E-state index is 4.63. The molecule has 2 aromatic heterocycles. The molecule has 1 N–H and O–H groups in total. The summed E-state index contributed by atoms with van der Waals surface area (Å²) in [6.45, 7) is 0. The van der Waals surface area contributed by atoms with Crippen LogP contribution in [0.15, 0.2) is 48.7 Å². The fourth-order valence-electron chi connectivity index (χ4n) is 2.39. The molecule has 0 amide bonds. The highest BCUT2D eigenvalue weighted by atomic mass is 15.1. The summed E-state index contributed by atoms with van der Waals surface area (Å²) in [5, 5.41) is 10.6. The SMILES string of the molecule is c1ccc2c(c1)nc1ccc3[nH]nccc3c12. The van der Waals surface area contributed by atoms with E-state index in [4.69, 9.17) is 0 Å². The van der Waals surface area contributed by atoms with Gasteiger partial charge >= 0.3 is 0 Å². The van der Waals surface area contributed by atoms with Crippen LogP contribution in [0.3, 0.4) is 0 Å². The largest absolute Gasteiger partial charge is 0.278 e. The van der Waals surface area contributed by atoms with E-state index in [0.717, 1.165) is 16.6 Å². The molecule has 0 aliphatic carbocycles. The third-order valence-corrected chi connectivity index (χ3v) is 3.14. The third-order valence-electron chi connectivity index (χ3n) is 3.14. The van der Waals surface area contributed by atoms with E-state index in [1.54, 1.807) is 6.20 Å². The number of aromatic nitrogens is 3. The van der Waals surface area contributed by atoms with Gasteiger partial charge in [-0.3, -0.25) is 5.10 Å². The van der Waals surface area contributed by atoms with Crippen molar-refractivity contribution in [1.29, 1.82) is 0 Å². The predicted molar refractivity (Wildman–Crippen MR) is 68.9 cm³/mol. The topological polar surface area (TPSA) is 41.6 Å². The first-order chi connectivity index (χ1) is 8.43. The molecule has 80 valence electrons. The first-order valence-corrected chi connectivity index (χ1v) is 5.54. The van der Waals surface area contributed by atoms with E-state index in [-0.39, 0.29) is 0 Å². The third kappa shape index (κ3) is 1.11. The number of hydrogen-bond acceptors (Lipinski definition) is 2. The van der Waals surface area contributed by atoms with Crippen molar-refractivity contribution in [2.24, 2.45) is 0 Å². The predicted octanol–water partition coefficient (Wildman–Crippen LogP) is 3.26. The molecule has 0 radical (unpaired) electrons. The Kier molecular flexibility index (Phi) is 1.56. The van der Waals surface area contributed by atoms with Gasteiger partial charge in [-0.25, -0.2) is 4.98 Å². The Labute approximate surface area is 97.1 Å². The monoisotopic (exact) mass is 219 g/mol. The van der Waals surface area contributed by atoms with Gasteiger partial charge in [-0.15, -0.1) is 0 Å². The van der Waals surface area contributed by atoms with Crippen molar-refractivity contribution in [3.05, 3.63) is 48.7 Å². The lowest BCUT2D eigenvalue weighted by molar-refractivity contribution is 1.08. The number of benzene rings is 2.